The maximum Gasteiger partial charge on any atom is 0.303 e. The first-order valence-corrected chi connectivity index (χ1v) is 7.39. The highest BCUT2D eigenvalue weighted by molar-refractivity contribution is 5.68. The molecule has 1 N–H and O–H groups in total. The first-order valence-electron chi connectivity index (χ1n) is 7.39. The van der Waals surface area contributed by atoms with Gasteiger partial charge in [-0.1, -0.05) is 0 Å². The topological polar surface area (TPSA) is 152 Å². The van der Waals surface area contributed by atoms with E-state index in [0.29, 0.717) is 0 Å². The van der Waals surface area contributed by atoms with E-state index >= 15 is 0 Å². The van der Waals surface area contributed by atoms with Crippen molar-refractivity contribution in [2.24, 2.45) is 0 Å². The Hall–Kier alpha value is -2.53. The second-order valence-corrected chi connectivity index (χ2v) is 5.09. The van der Waals surface area contributed by atoms with Crippen LogP contribution in [0.1, 0.15) is 27.7 Å². The predicted octanol–water partition coefficient (Wildman–Crippen LogP) is -1.12. The van der Waals surface area contributed by atoms with Crippen LogP contribution >= 0.6 is 0 Å². The van der Waals surface area contributed by atoms with E-state index in [4.69, 9.17) is 28.5 Å². The van der Waals surface area contributed by atoms with Crippen molar-refractivity contribution in [2.75, 3.05) is 6.61 Å². The lowest BCUT2D eigenvalue weighted by molar-refractivity contribution is -0.296. The van der Waals surface area contributed by atoms with Crippen molar-refractivity contribution in [3.8, 4) is 0 Å². The quantitative estimate of drug-likeness (QED) is 0.457. The number of aliphatic hydroxyl groups excluding tert-OH is 1. The Bertz CT molecular complexity index is 518. The van der Waals surface area contributed by atoms with E-state index < -0.39 is 54.6 Å². The van der Waals surface area contributed by atoms with Gasteiger partial charge in [0.25, 0.3) is 0 Å². The standard InChI is InChI=1S/C14H20O10.CH2O/c1-6(15)20-5-10-11(21-7(2)16)12(22-8(3)17)13(14(19)24-10)23-9(4)18;1-2/h10-14,19H,5H2,1-4H3;1H2/t10-,11-,12+,13-,14?;/m1./s1. The van der Waals surface area contributed by atoms with Crippen molar-refractivity contribution in [3.05, 3.63) is 0 Å². The van der Waals surface area contributed by atoms with Gasteiger partial charge in [-0.15, -0.1) is 0 Å². The zero-order valence-corrected chi connectivity index (χ0v) is 14.8. The van der Waals surface area contributed by atoms with E-state index in [9.17, 15) is 24.3 Å². The molecule has 1 aliphatic heterocycles. The van der Waals surface area contributed by atoms with Gasteiger partial charge in [-0.3, -0.25) is 19.2 Å². The van der Waals surface area contributed by atoms with Crippen LogP contribution in [0.2, 0.25) is 0 Å². The minimum Gasteiger partial charge on any atom is -0.463 e. The zero-order valence-electron chi connectivity index (χ0n) is 14.8. The maximum absolute atomic E-state index is 11.3. The van der Waals surface area contributed by atoms with Gasteiger partial charge in [0.05, 0.1) is 0 Å². The lowest BCUT2D eigenvalue weighted by atomic mass is 9.98. The average Bonchev–Trinajstić information content (AvgIpc) is 2.52. The van der Waals surface area contributed by atoms with Crippen LogP contribution in [0.5, 0.6) is 0 Å². The zero-order chi connectivity index (χ0) is 20.4. The number of rotatable bonds is 5. The molecule has 0 saturated carbocycles. The largest absolute Gasteiger partial charge is 0.463 e. The van der Waals surface area contributed by atoms with Gasteiger partial charge in [-0.05, 0) is 0 Å². The van der Waals surface area contributed by atoms with Gasteiger partial charge in [-0.2, -0.15) is 0 Å². The van der Waals surface area contributed by atoms with E-state index in [1.54, 1.807) is 0 Å². The normalized spacial score (nSPS) is 27.2. The first-order chi connectivity index (χ1) is 12.1. The molecular weight excluding hydrogens is 356 g/mol. The first kappa shape index (κ1) is 23.5. The van der Waals surface area contributed by atoms with Gasteiger partial charge in [-0.25, -0.2) is 0 Å². The molecule has 1 rings (SSSR count). The summed E-state index contributed by atoms with van der Waals surface area (Å²) in [4.78, 5) is 52.9. The summed E-state index contributed by atoms with van der Waals surface area (Å²) in [5, 5.41) is 10.0. The van der Waals surface area contributed by atoms with Crippen molar-refractivity contribution in [1.29, 1.82) is 0 Å². The Balaban J connectivity index is 0.00000301. The maximum atomic E-state index is 11.3. The summed E-state index contributed by atoms with van der Waals surface area (Å²) in [6, 6.07) is 0. The number of carbonyl (C=O) groups is 5. The van der Waals surface area contributed by atoms with Crippen molar-refractivity contribution >= 4 is 30.7 Å². The Morgan fingerprint density at radius 1 is 0.808 bits per heavy atom. The van der Waals surface area contributed by atoms with E-state index in [1.807, 2.05) is 6.79 Å². The highest BCUT2D eigenvalue weighted by atomic mass is 16.7. The summed E-state index contributed by atoms with van der Waals surface area (Å²) in [6.07, 6.45) is -6.79. The summed E-state index contributed by atoms with van der Waals surface area (Å²) in [6.45, 7) is 6.09. The summed E-state index contributed by atoms with van der Waals surface area (Å²) in [5.74, 6) is -2.87. The fourth-order valence-corrected chi connectivity index (χ4v) is 2.21. The number of esters is 4. The molecule has 0 aromatic rings. The third-order valence-corrected chi connectivity index (χ3v) is 2.97. The van der Waals surface area contributed by atoms with Gasteiger partial charge < -0.3 is 33.6 Å². The van der Waals surface area contributed by atoms with Crippen molar-refractivity contribution < 1.29 is 52.8 Å². The highest BCUT2D eigenvalue weighted by Crippen LogP contribution is 2.28. The molecule has 11 heteroatoms. The van der Waals surface area contributed by atoms with Crippen LogP contribution in [0.3, 0.4) is 0 Å². The van der Waals surface area contributed by atoms with Crippen LogP contribution in [0, 0.1) is 0 Å². The summed E-state index contributed by atoms with van der Waals surface area (Å²) in [7, 11) is 0. The van der Waals surface area contributed by atoms with Gasteiger partial charge in [0.15, 0.2) is 24.6 Å². The van der Waals surface area contributed by atoms with Crippen molar-refractivity contribution in [2.45, 2.75) is 58.4 Å². The fraction of sp³-hybridized carbons (Fsp3) is 0.667. The summed E-state index contributed by atoms with van der Waals surface area (Å²) >= 11 is 0. The number of ether oxygens (including phenoxy) is 5. The molecule has 0 radical (unpaired) electrons. The number of aliphatic hydroxyl groups is 1. The van der Waals surface area contributed by atoms with E-state index in [-0.39, 0.29) is 6.61 Å². The molecule has 1 heterocycles. The molecule has 0 aliphatic carbocycles. The predicted molar refractivity (Wildman–Crippen MR) is 81.3 cm³/mol. The Labute approximate surface area is 149 Å². The van der Waals surface area contributed by atoms with Gasteiger partial charge >= 0.3 is 23.9 Å². The Kier molecular flexibility index (Phi) is 10.1. The van der Waals surface area contributed by atoms with Gasteiger partial charge in [0.2, 0.25) is 0 Å². The third kappa shape index (κ3) is 7.57. The van der Waals surface area contributed by atoms with Crippen LogP contribution in [0.15, 0.2) is 0 Å². The van der Waals surface area contributed by atoms with E-state index in [1.165, 1.54) is 0 Å². The van der Waals surface area contributed by atoms with E-state index in [0.717, 1.165) is 27.7 Å². The molecule has 1 fully saturated rings. The molecular formula is C15H22O11. The third-order valence-electron chi connectivity index (χ3n) is 2.97. The Morgan fingerprint density at radius 3 is 1.65 bits per heavy atom. The minimum absolute atomic E-state index is 0.366. The van der Waals surface area contributed by atoms with Crippen molar-refractivity contribution in [1.82, 2.24) is 0 Å². The van der Waals surface area contributed by atoms with Crippen LogP contribution in [-0.2, 0) is 47.7 Å². The number of carbonyl (C=O) groups excluding carboxylic acids is 5. The number of hydrogen-bond donors (Lipinski definition) is 1. The number of hydrogen-bond acceptors (Lipinski definition) is 11. The molecule has 0 spiro atoms. The van der Waals surface area contributed by atoms with Crippen LogP contribution in [0.4, 0.5) is 0 Å². The van der Waals surface area contributed by atoms with Crippen LogP contribution < -0.4 is 0 Å². The summed E-state index contributed by atoms with van der Waals surface area (Å²) < 4.78 is 25.0. The minimum atomic E-state index is -1.68. The summed E-state index contributed by atoms with van der Waals surface area (Å²) in [5.41, 5.74) is 0. The molecule has 0 bridgehead atoms. The second kappa shape index (κ2) is 11.2. The molecule has 11 nitrogen and oxygen atoms in total. The Morgan fingerprint density at radius 2 is 1.23 bits per heavy atom. The van der Waals surface area contributed by atoms with Crippen LogP contribution in [-0.4, -0.2) is 73.1 Å². The lowest BCUT2D eigenvalue weighted by Gasteiger charge is -2.42. The van der Waals surface area contributed by atoms with E-state index in [2.05, 4.69) is 0 Å². The monoisotopic (exact) mass is 378 g/mol. The fourth-order valence-electron chi connectivity index (χ4n) is 2.21. The van der Waals surface area contributed by atoms with Crippen LogP contribution in [0.25, 0.3) is 0 Å². The molecule has 0 aromatic carbocycles. The smallest absolute Gasteiger partial charge is 0.303 e. The second-order valence-electron chi connectivity index (χ2n) is 5.09. The van der Waals surface area contributed by atoms with Gasteiger partial charge in [0, 0.05) is 27.7 Å². The molecule has 0 aromatic heterocycles. The molecule has 1 aliphatic rings. The highest BCUT2D eigenvalue weighted by Gasteiger charge is 2.51. The molecule has 5 atom stereocenters. The lowest BCUT2D eigenvalue weighted by Crippen LogP contribution is -2.62. The molecule has 148 valence electrons. The molecule has 0 amide bonds. The molecule has 26 heavy (non-hydrogen) atoms. The SMILES string of the molecule is C=O.CC(=O)OC[C@H]1OC(O)[C@H](OC(C)=O)[C@@H](OC(C)=O)[C@@H]1OC(C)=O. The average molecular weight is 378 g/mol. The molecule has 1 saturated heterocycles. The van der Waals surface area contributed by atoms with Crippen molar-refractivity contribution in [3.63, 3.8) is 0 Å². The molecule has 1 unspecified atom stereocenters. The van der Waals surface area contributed by atoms with Gasteiger partial charge in [0.1, 0.15) is 19.5 Å².